The second-order valence-corrected chi connectivity index (χ2v) is 7.56. The Morgan fingerprint density at radius 2 is 1.58 bits per heavy atom. The van der Waals surface area contributed by atoms with Crippen molar-refractivity contribution in [2.45, 2.75) is 13.3 Å². The van der Waals surface area contributed by atoms with Gasteiger partial charge < -0.3 is 20.1 Å². The first kappa shape index (κ1) is 25.9. The Balaban J connectivity index is 1.49. The van der Waals surface area contributed by atoms with Crippen molar-refractivity contribution in [2.75, 3.05) is 24.4 Å². The maximum absolute atomic E-state index is 13.7. The molecular formula is C26H25FN4O5. The summed E-state index contributed by atoms with van der Waals surface area (Å²) in [6, 6.07) is 17.8. The van der Waals surface area contributed by atoms with E-state index in [0.29, 0.717) is 17.0 Å². The standard InChI is InChI=1S/C26H25FN4O5/c1-17-7-3-5-9-20(17)29-24(32)14-25(33)31-28-15-18-11-12-22(23(13-18)35-2)36-16-26(34)30-21-10-6-4-8-19(21)27/h3-13,15H,14,16H2,1-2H3,(H,29,32)(H,30,34)(H,31,33). The number of methoxy groups -OCH3 is 1. The molecule has 0 aliphatic carbocycles. The lowest BCUT2D eigenvalue weighted by molar-refractivity contribution is -0.126. The molecule has 0 atom stereocenters. The quantitative estimate of drug-likeness (QED) is 0.227. The van der Waals surface area contributed by atoms with E-state index in [9.17, 15) is 18.8 Å². The predicted octanol–water partition coefficient (Wildman–Crippen LogP) is 3.64. The van der Waals surface area contributed by atoms with Crippen LogP contribution in [0.4, 0.5) is 15.8 Å². The largest absolute Gasteiger partial charge is 0.493 e. The average Bonchev–Trinajstić information content (AvgIpc) is 2.86. The van der Waals surface area contributed by atoms with Crippen LogP contribution in [0.5, 0.6) is 11.5 Å². The molecule has 0 aliphatic heterocycles. The van der Waals surface area contributed by atoms with Crippen molar-refractivity contribution in [2.24, 2.45) is 5.10 Å². The summed E-state index contributed by atoms with van der Waals surface area (Å²) in [4.78, 5) is 36.1. The minimum Gasteiger partial charge on any atom is -0.493 e. The normalized spacial score (nSPS) is 10.5. The fourth-order valence-electron chi connectivity index (χ4n) is 3.05. The van der Waals surface area contributed by atoms with Gasteiger partial charge in [-0.2, -0.15) is 5.10 Å². The number of nitrogens with one attached hydrogen (secondary N) is 3. The predicted molar refractivity (Wildman–Crippen MR) is 134 cm³/mol. The number of carbonyl (C=O) groups excluding carboxylic acids is 3. The molecule has 0 saturated heterocycles. The van der Waals surface area contributed by atoms with Gasteiger partial charge in [0.2, 0.25) is 11.8 Å². The van der Waals surface area contributed by atoms with Gasteiger partial charge in [-0.3, -0.25) is 14.4 Å². The van der Waals surface area contributed by atoms with Crippen LogP contribution in [-0.2, 0) is 14.4 Å². The first-order chi connectivity index (χ1) is 17.4. The Hall–Kier alpha value is -4.73. The van der Waals surface area contributed by atoms with Crippen molar-refractivity contribution in [3.8, 4) is 11.5 Å². The zero-order valence-corrected chi connectivity index (χ0v) is 19.7. The van der Waals surface area contributed by atoms with E-state index in [-0.39, 0.29) is 18.0 Å². The van der Waals surface area contributed by atoms with Gasteiger partial charge in [-0.15, -0.1) is 0 Å². The molecule has 36 heavy (non-hydrogen) atoms. The summed E-state index contributed by atoms with van der Waals surface area (Å²) in [6.45, 7) is 1.49. The highest BCUT2D eigenvalue weighted by Gasteiger charge is 2.12. The molecule has 0 fully saturated rings. The molecule has 9 nitrogen and oxygen atoms in total. The summed E-state index contributed by atoms with van der Waals surface area (Å²) in [5, 5.41) is 8.96. The van der Waals surface area contributed by atoms with Crippen LogP contribution in [0.2, 0.25) is 0 Å². The van der Waals surface area contributed by atoms with Gasteiger partial charge in [-0.1, -0.05) is 30.3 Å². The number of para-hydroxylation sites is 2. The number of anilines is 2. The SMILES string of the molecule is COc1cc(C=NNC(=O)CC(=O)Nc2ccccc2C)ccc1OCC(=O)Nc1ccccc1F. The molecule has 3 aromatic rings. The molecule has 0 aliphatic rings. The van der Waals surface area contributed by atoms with Crippen molar-refractivity contribution < 1.29 is 28.2 Å². The summed E-state index contributed by atoms with van der Waals surface area (Å²) in [5.41, 5.74) is 4.44. The first-order valence-corrected chi connectivity index (χ1v) is 10.9. The number of hydrogen-bond donors (Lipinski definition) is 3. The van der Waals surface area contributed by atoms with E-state index in [1.54, 1.807) is 36.4 Å². The van der Waals surface area contributed by atoms with Gasteiger partial charge in [0, 0.05) is 5.69 Å². The summed E-state index contributed by atoms with van der Waals surface area (Å²) >= 11 is 0. The van der Waals surface area contributed by atoms with Crippen LogP contribution in [0.15, 0.2) is 71.8 Å². The third kappa shape index (κ3) is 7.66. The van der Waals surface area contributed by atoms with E-state index >= 15 is 0 Å². The molecule has 0 unspecified atom stereocenters. The molecule has 0 saturated carbocycles. The molecule has 0 spiro atoms. The van der Waals surface area contributed by atoms with Gasteiger partial charge in [-0.25, -0.2) is 9.82 Å². The molecule has 10 heteroatoms. The highest BCUT2D eigenvalue weighted by Crippen LogP contribution is 2.27. The number of halogens is 1. The van der Waals surface area contributed by atoms with Gasteiger partial charge >= 0.3 is 0 Å². The van der Waals surface area contributed by atoms with Gasteiger partial charge in [-0.05, 0) is 54.4 Å². The molecule has 3 amide bonds. The zero-order valence-electron chi connectivity index (χ0n) is 19.7. The smallest absolute Gasteiger partial charge is 0.262 e. The monoisotopic (exact) mass is 492 g/mol. The van der Waals surface area contributed by atoms with E-state index in [2.05, 4.69) is 21.2 Å². The second kappa shape index (κ2) is 12.7. The number of benzene rings is 3. The Morgan fingerprint density at radius 3 is 2.31 bits per heavy atom. The van der Waals surface area contributed by atoms with E-state index in [0.717, 1.165) is 5.56 Å². The Kier molecular flexibility index (Phi) is 9.10. The number of rotatable bonds is 10. The zero-order chi connectivity index (χ0) is 25.9. The van der Waals surface area contributed by atoms with Crippen molar-refractivity contribution in [3.05, 3.63) is 83.7 Å². The number of amides is 3. The fraction of sp³-hybridized carbons (Fsp3) is 0.154. The lowest BCUT2D eigenvalue weighted by atomic mass is 10.2. The van der Waals surface area contributed by atoms with Gasteiger partial charge in [0.25, 0.3) is 5.91 Å². The van der Waals surface area contributed by atoms with Crippen LogP contribution >= 0.6 is 0 Å². The van der Waals surface area contributed by atoms with Crippen LogP contribution in [-0.4, -0.2) is 37.7 Å². The molecule has 3 rings (SSSR count). The summed E-state index contributed by atoms with van der Waals surface area (Å²) < 4.78 is 24.4. The van der Waals surface area contributed by atoms with Gasteiger partial charge in [0.1, 0.15) is 12.2 Å². The molecule has 0 aromatic heterocycles. The van der Waals surface area contributed by atoms with Crippen molar-refractivity contribution >= 4 is 35.3 Å². The number of ether oxygens (including phenoxy) is 2. The molecule has 3 N–H and O–H groups in total. The highest BCUT2D eigenvalue weighted by atomic mass is 19.1. The highest BCUT2D eigenvalue weighted by molar-refractivity contribution is 6.04. The number of nitrogens with zero attached hydrogens (tertiary/aromatic N) is 1. The number of hydrazone groups is 1. The van der Waals surface area contributed by atoms with Crippen molar-refractivity contribution in [3.63, 3.8) is 0 Å². The lowest BCUT2D eigenvalue weighted by Crippen LogP contribution is -2.24. The summed E-state index contributed by atoms with van der Waals surface area (Å²) in [6.07, 6.45) is 0.977. The van der Waals surface area contributed by atoms with Crippen LogP contribution in [0.25, 0.3) is 0 Å². The van der Waals surface area contributed by atoms with E-state index < -0.39 is 30.0 Å². The third-order valence-corrected chi connectivity index (χ3v) is 4.84. The minimum absolute atomic E-state index is 0.0549. The molecule has 0 bridgehead atoms. The molecular weight excluding hydrogens is 467 g/mol. The second-order valence-electron chi connectivity index (χ2n) is 7.56. The number of aryl methyl sites for hydroxylation is 1. The summed E-state index contributed by atoms with van der Waals surface area (Å²) in [7, 11) is 1.43. The maximum Gasteiger partial charge on any atom is 0.262 e. The lowest BCUT2D eigenvalue weighted by Gasteiger charge is -2.11. The van der Waals surface area contributed by atoms with Gasteiger partial charge in [0.05, 0.1) is 19.0 Å². The van der Waals surface area contributed by atoms with Crippen LogP contribution in [0.3, 0.4) is 0 Å². The Labute approximate surface area is 207 Å². The first-order valence-electron chi connectivity index (χ1n) is 10.9. The molecule has 0 heterocycles. The maximum atomic E-state index is 13.7. The van der Waals surface area contributed by atoms with Crippen molar-refractivity contribution in [1.29, 1.82) is 0 Å². The number of hydrogen-bond acceptors (Lipinski definition) is 6. The van der Waals surface area contributed by atoms with Crippen molar-refractivity contribution in [1.82, 2.24) is 5.43 Å². The minimum atomic E-state index is -0.579. The Bertz CT molecular complexity index is 1280. The molecule has 0 radical (unpaired) electrons. The topological polar surface area (TPSA) is 118 Å². The van der Waals surface area contributed by atoms with Crippen LogP contribution < -0.4 is 25.5 Å². The molecule has 3 aromatic carbocycles. The van der Waals surface area contributed by atoms with Gasteiger partial charge in [0.15, 0.2) is 18.1 Å². The van der Waals surface area contributed by atoms with Crippen LogP contribution in [0, 0.1) is 12.7 Å². The van der Waals surface area contributed by atoms with E-state index in [1.165, 1.54) is 31.5 Å². The average molecular weight is 493 g/mol. The number of carbonyl (C=O) groups is 3. The van der Waals surface area contributed by atoms with E-state index in [1.807, 2.05) is 19.1 Å². The Morgan fingerprint density at radius 1 is 0.889 bits per heavy atom. The third-order valence-electron chi connectivity index (χ3n) is 4.84. The van der Waals surface area contributed by atoms with E-state index in [4.69, 9.17) is 9.47 Å². The molecule has 186 valence electrons. The fourth-order valence-corrected chi connectivity index (χ4v) is 3.05. The van der Waals surface area contributed by atoms with Crippen LogP contribution in [0.1, 0.15) is 17.5 Å². The summed E-state index contributed by atoms with van der Waals surface area (Å²) in [5.74, 6) is -1.52.